The topological polar surface area (TPSA) is 152 Å². The molecule has 1 aromatic rings. The van der Waals surface area contributed by atoms with E-state index in [0.717, 1.165) is 0 Å². The number of nitrogens with one attached hydrogen (secondary N) is 2. The Morgan fingerprint density at radius 3 is 2.52 bits per heavy atom. The number of likely N-dealkylation sites (tertiary alicyclic amines) is 1. The fraction of sp³-hybridized carbons (Fsp3) is 0.667. The third kappa shape index (κ3) is 7.17. The molecule has 0 aromatic heterocycles. The van der Waals surface area contributed by atoms with Gasteiger partial charge in [0, 0.05) is 45.2 Å². The lowest BCUT2D eigenvalue weighted by Gasteiger charge is -2.42. The second-order valence-corrected chi connectivity index (χ2v) is 13.9. The van der Waals surface area contributed by atoms with E-state index in [1.807, 2.05) is 25.7 Å². The Balaban J connectivity index is 1.44. The van der Waals surface area contributed by atoms with E-state index in [-0.39, 0.29) is 74.2 Å². The van der Waals surface area contributed by atoms with Crippen LogP contribution in [0.4, 0.5) is 4.39 Å². The smallest absolute Gasteiger partial charge is 0.244 e. The molecular weight excluding hydrogens is 597 g/mol. The number of piperazine rings is 1. The molecule has 6 bridgehead atoms. The Morgan fingerprint density at radius 1 is 1.09 bits per heavy atom. The molecular formula is C30H41ClFN5O7. The van der Waals surface area contributed by atoms with Crippen LogP contribution in [0.3, 0.4) is 0 Å². The first-order valence-electron chi connectivity index (χ1n) is 15.0. The molecule has 0 spiro atoms. The van der Waals surface area contributed by atoms with E-state index >= 15 is 0 Å². The summed E-state index contributed by atoms with van der Waals surface area (Å²) < 4.78 is 20.0. The van der Waals surface area contributed by atoms with Gasteiger partial charge in [-0.3, -0.25) is 24.1 Å². The molecule has 4 saturated heterocycles. The molecule has 0 aliphatic carbocycles. The van der Waals surface area contributed by atoms with Crippen molar-refractivity contribution in [2.24, 2.45) is 5.41 Å². The van der Waals surface area contributed by atoms with Crippen molar-refractivity contribution in [1.82, 2.24) is 25.3 Å². The minimum atomic E-state index is -1.34. The predicted molar refractivity (Wildman–Crippen MR) is 157 cm³/mol. The highest BCUT2D eigenvalue weighted by Crippen LogP contribution is 2.28. The van der Waals surface area contributed by atoms with Gasteiger partial charge >= 0.3 is 0 Å². The number of nitrogens with zero attached hydrogens (tertiary/aromatic N) is 3. The predicted octanol–water partition coefficient (Wildman–Crippen LogP) is 0.0229. The van der Waals surface area contributed by atoms with Crippen LogP contribution in [0.2, 0.25) is 5.02 Å². The number of hydrogen-bond donors (Lipinski definition) is 4. The summed E-state index contributed by atoms with van der Waals surface area (Å²) in [6, 6.07) is 2.33. The largest absolute Gasteiger partial charge is 0.388 e. The molecule has 7 atom stereocenters. The Morgan fingerprint density at radius 2 is 1.82 bits per heavy atom. The maximum atomic E-state index is 14.3. The van der Waals surface area contributed by atoms with Crippen molar-refractivity contribution in [2.75, 3.05) is 32.7 Å². The standard InChI is InChI=1S/C30H41ClFN5O7/c1-30(2,3)11-25(39)37-7-6-35-15-21(37)28(42)33-12-23-27(41)26(40)22(44-23)10-24(38)34-17-9-20(29(35)43)36(14-17)13-16-4-5-18(31)19(32)8-16/h4-5,8,17,20-23,26-27,40-41H,6-7,9-15H2,1-3H3,(H,33,42)(H,34,38)/t17-,20-,21-,22-,23+,26-,27+/m0/s1. The Bertz CT molecular complexity index is 1290. The zero-order valence-corrected chi connectivity index (χ0v) is 25.9. The van der Waals surface area contributed by atoms with E-state index in [1.165, 1.54) is 17.0 Å². The van der Waals surface area contributed by atoms with Crippen molar-refractivity contribution in [2.45, 2.75) is 89.1 Å². The average Bonchev–Trinajstić information content (AvgIpc) is 3.46. The van der Waals surface area contributed by atoms with E-state index in [0.29, 0.717) is 12.1 Å². The molecule has 0 radical (unpaired) electrons. The number of carbonyl (C=O) groups is 4. The van der Waals surface area contributed by atoms with Gasteiger partial charge in [0.25, 0.3) is 0 Å². The van der Waals surface area contributed by atoms with E-state index < -0.39 is 60.2 Å². The van der Waals surface area contributed by atoms with E-state index in [2.05, 4.69) is 10.6 Å². The lowest BCUT2D eigenvalue weighted by atomic mass is 9.91. The molecule has 0 unspecified atom stereocenters. The van der Waals surface area contributed by atoms with Gasteiger partial charge < -0.3 is 35.4 Å². The minimum absolute atomic E-state index is 0.0165. The molecule has 4 aliphatic rings. The van der Waals surface area contributed by atoms with Gasteiger partial charge in [0.05, 0.1) is 30.1 Å². The molecule has 4 fully saturated rings. The summed E-state index contributed by atoms with van der Waals surface area (Å²) in [5, 5.41) is 26.8. The highest BCUT2D eigenvalue weighted by Gasteiger charge is 2.47. The fourth-order valence-corrected chi connectivity index (χ4v) is 6.65. The first kappa shape index (κ1) is 32.6. The van der Waals surface area contributed by atoms with Gasteiger partial charge in [0.1, 0.15) is 30.2 Å². The summed E-state index contributed by atoms with van der Waals surface area (Å²) >= 11 is 5.87. The van der Waals surface area contributed by atoms with Gasteiger partial charge in [-0.2, -0.15) is 0 Å². The van der Waals surface area contributed by atoms with Crippen LogP contribution in [0.1, 0.15) is 45.6 Å². The summed E-state index contributed by atoms with van der Waals surface area (Å²) in [6.45, 7) is 6.46. The summed E-state index contributed by atoms with van der Waals surface area (Å²) in [6.07, 6.45) is -4.41. The molecule has 5 rings (SSSR count). The highest BCUT2D eigenvalue weighted by molar-refractivity contribution is 6.30. The molecule has 4 amide bonds. The third-order valence-electron chi connectivity index (χ3n) is 8.75. The number of halogens is 2. The number of benzene rings is 1. The molecule has 0 saturated carbocycles. The van der Waals surface area contributed by atoms with Crippen molar-refractivity contribution >= 4 is 35.2 Å². The SMILES string of the molecule is CC(C)(C)CC(=O)N1CCN2C[C@H]1C(=O)NC[C@H]1O[C@@H](CC(=O)N[C@H]3C[C@@H](C2=O)N(Cc2ccc(Cl)c(F)c2)C3)[C@H](O)[C@@H]1O. The zero-order chi connectivity index (χ0) is 31.9. The maximum absolute atomic E-state index is 14.3. The molecule has 4 aliphatic heterocycles. The highest BCUT2D eigenvalue weighted by atomic mass is 35.5. The molecule has 4 N–H and O–H groups in total. The van der Waals surface area contributed by atoms with Crippen molar-refractivity contribution < 1.29 is 38.5 Å². The van der Waals surface area contributed by atoms with E-state index in [4.69, 9.17) is 16.3 Å². The van der Waals surface area contributed by atoms with Gasteiger partial charge in [-0.1, -0.05) is 38.4 Å². The lowest BCUT2D eigenvalue weighted by Crippen LogP contribution is -2.63. The number of fused-ring (bicyclic) bond motifs is 6. The molecule has 4 heterocycles. The van der Waals surface area contributed by atoms with Gasteiger partial charge in [0.2, 0.25) is 23.6 Å². The summed E-state index contributed by atoms with van der Waals surface area (Å²) in [5.74, 6) is -1.97. The van der Waals surface area contributed by atoms with Crippen LogP contribution < -0.4 is 10.6 Å². The molecule has 44 heavy (non-hydrogen) atoms. The fourth-order valence-electron chi connectivity index (χ4n) is 6.54. The van der Waals surface area contributed by atoms with Crippen LogP contribution >= 0.6 is 11.6 Å². The van der Waals surface area contributed by atoms with Crippen molar-refractivity contribution in [3.63, 3.8) is 0 Å². The maximum Gasteiger partial charge on any atom is 0.244 e. The van der Waals surface area contributed by atoms with Crippen LogP contribution in [-0.2, 0) is 30.5 Å². The van der Waals surface area contributed by atoms with Gasteiger partial charge in [-0.25, -0.2) is 4.39 Å². The Labute approximate surface area is 260 Å². The minimum Gasteiger partial charge on any atom is -0.388 e. The summed E-state index contributed by atoms with van der Waals surface area (Å²) in [7, 11) is 0. The van der Waals surface area contributed by atoms with E-state index in [1.54, 1.807) is 11.0 Å². The summed E-state index contributed by atoms with van der Waals surface area (Å²) in [4.78, 5) is 58.9. The number of amides is 4. The number of rotatable bonds is 3. The number of carbonyl (C=O) groups excluding carboxylic acids is 4. The average molecular weight is 638 g/mol. The van der Waals surface area contributed by atoms with Crippen LogP contribution in [0, 0.1) is 11.2 Å². The van der Waals surface area contributed by atoms with Gasteiger partial charge in [-0.05, 0) is 29.5 Å². The normalized spacial score (nSPS) is 32.1. The number of aliphatic hydroxyl groups is 2. The third-order valence-corrected chi connectivity index (χ3v) is 9.05. The monoisotopic (exact) mass is 637 g/mol. The van der Waals surface area contributed by atoms with Crippen LogP contribution in [-0.4, -0.2) is 124 Å². The van der Waals surface area contributed by atoms with Crippen LogP contribution in [0.15, 0.2) is 18.2 Å². The van der Waals surface area contributed by atoms with Gasteiger partial charge in [0.15, 0.2) is 0 Å². The first-order valence-corrected chi connectivity index (χ1v) is 15.4. The molecule has 12 nitrogen and oxygen atoms in total. The zero-order valence-electron chi connectivity index (χ0n) is 25.2. The van der Waals surface area contributed by atoms with E-state index in [9.17, 15) is 33.8 Å². The van der Waals surface area contributed by atoms with Crippen molar-refractivity contribution in [1.29, 1.82) is 0 Å². The second kappa shape index (κ2) is 12.9. The quantitative estimate of drug-likeness (QED) is 0.362. The number of hydrogen-bond acceptors (Lipinski definition) is 8. The van der Waals surface area contributed by atoms with Crippen LogP contribution in [0.5, 0.6) is 0 Å². The molecule has 242 valence electrons. The first-order chi connectivity index (χ1) is 20.7. The Hall–Kier alpha value is -2.84. The number of aliphatic hydroxyl groups excluding tert-OH is 2. The van der Waals surface area contributed by atoms with Crippen LogP contribution in [0.25, 0.3) is 0 Å². The molecule has 14 heteroatoms. The number of ether oxygens (including phenoxy) is 1. The lowest BCUT2D eigenvalue weighted by molar-refractivity contribution is -0.151. The summed E-state index contributed by atoms with van der Waals surface area (Å²) in [5.41, 5.74) is 0.274. The van der Waals surface area contributed by atoms with Crippen molar-refractivity contribution in [3.8, 4) is 0 Å². The molecule has 1 aromatic carbocycles. The van der Waals surface area contributed by atoms with Crippen molar-refractivity contribution in [3.05, 3.63) is 34.6 Å². The van der Waals surface area contributed by atoms with Gasteiger partial charge in [-0.15, -0.1) is 0 Å². The Kier molecular flexibility index (Phi) is 9.53. The second-order valence-electron chi connectivity index (χ2n) is 13.5.